The second kappa shape index (κ2) is 10.5. The van der Waals surface area contributed by atoms with Crippen molar-refractivity contribution in [2.24, 2.45) is 5.92 Å². The summed E-state index contributed by atoms with van der Waals surface area (Å²) < 4.78 is 0. The topological polar surface area (TPSA) is 3.24 Å². The van der Waals surface area contributed by atoms with Gasteiger partial charge in [-0.25, -0.2) is 0 Å². The number of hydrogen-bond acceptors (Lipinski definition) is 1. The summed E-state index contributed by atoms with van der Waals surface area (Å²) in [6.07, 6.45) is 5.06. The van der Waals surface area contributed by atoms with Crippen LogP contribution in [0.2, 0.25) is 0 Å². The van der Waals surface area contributed by atoms with E-state index in [1.165, 1.54) is 19.3 Å². The van der Waals surface area contributed by atoms with E-state index in [2.05, 4.69) is 39.6 Å². The molecule has 0 aromatic heterocycles. The van der Waals surface area contributed by atoms with Crippen molar-refractivity contribution >= 4 is 0 Å². The van der Waals surface area contributed by atoms with Crippen LogP contribution in [0.4, 0.5) is 0 Å². The molecule has 0 aliphatic rings. The van der Waals surface area contributed by atoms with Gasteiger partial charge in [0.2, 0.25) is 0 Å². The maximum Gasteiger partial charge on any atom is 2.00 e. The van der Waals surface area contributed by atoms with Crippen molar-refractivity contribution in [3.63, 3.8) is 0 Å². The molecular weight excluding hydrogens is 396 g/mol. The quantitative estimate of drug-likeness (QED) is 0.449. The van der Waals surface area contributed by atoms with Gasteiger partial charge in [0.15, 0.2) is 0 Å². The van der Waals surface area contributed by atoms with Crippen LogP contribution in [-0.4, -0.2) is 24.5 Å². The SMILES string of the molecule is [CH2-]CCCCC(C)C(C)N(C)CC.[U+2]. The molecule has 0 aliphatic heterocycles. The molecule has 0 aromatic carbocycles. The summed E-state index contributed by atoms with van der Waals surface area (Å²) >= 11 is 0. The largest absolute Gasteiger partial charge is 2.00 e. The van der Waals surface area contributed by atoms with E-state index in [9.17, 15) is 0 Å². The molecule has 0 radical (unpaired) electrons. The van der Waals surface area contributed by atoms with Crippen LogP contribution in [-0.2, 0) is 0 Å². The minimum Gasteiger partial charge on any atom is -0.343 e. The minimum atomic E-state index is 0. The van der Waals surface area contributed by atoms with E-state index in [1.807, 2.05) is 0 Å². The van der Waals surface area contributed by atoms with Gasteiger partial charge in [-0.1, -0.05) is 26.7 Å². The zero-order valence-corrected chi connectivity index (χ0v) is 14.5. The first-order chi connectivity index (χ1) is 6.13. The third kappa shape index (κ3) is 7.32. The van der Waals surface area contributed by atoms with Gasteiger partial charge in [-0.2, -0.15) is 6.42 Å². The smallest absolute Gasteiger partial charge is 0.343 e. The Morgan fingerprint density at radius 3 is 2.21 bits per heavy atom. The Kier molecular flexibility index (Phi) is 13.1. The molecule has 2 atom stereocenters. The van der Waals surface area contributed by atoms with E-state index in [1.54, 1.807) is 0 Å². The minimum absolute atomic E-state index is 0. The Morgan fingerprint density at radius 1 is 1.21 bits per heavy atom. The third-order valence-electron chi connectivity index (χ3n) is 3.18. The van der Waals surface area contributed by atoms with Gasteiger partial charge in [-0.05, 0) is 32.9 Å². The molecule has 0 saturated heterocycles. The molecule has 0 spiro atoms. The van der Waals surface area contributed by atoms with Crippen molar-refractivity contribution in [2.45, 2.75) is 52.5 Å². The van der Waals surface area contributed by atoms with E-state index in [0.29, 0.717) is 0 Å². The van der Waals surface area contributed by atoms with Crippen LogP contribution in [0.25, 0.3) is 0 Å². The summed E-state index contributed by atoms with van der Waals surface area (Å²) in [6, 6.07) is 0.717. The average molecular weight is 422 g/mol. The molecule has 1 nitrogen and oxygen atoms in total. The maximum absolute atomic E-state index is 3.87. The molecular formula is C12H26NU+. The van der Waals surface area contributed by atoms with Gasteiger partial charge in [0.1, 0.15) is 0 Å². The fourth-order valence-electron chi connectivity index (χ4n) is 1.61. The molecule has 0 N–H and O–H groups in total. The molecule has 0 fully saturated rings. The summed E-state index contributed by atoms with van der Waals surface area (Å²) in [7, 11) is 2.21. The number of hydrogen-bond donors (Lipinski definition) is 0. The summed E-state index contributed by atoms with van der Waals surface area (Å²) in [5.74, 6) is 0.816. The second-order valence-corrected chi connectivity index (χ2v) is 4.14. The summed E-state index contributed by atoms with van der Waals surface area (Å²) in [6.45, 7) is 11.9. The van der Waals surface area contributed by atoms with Crippen LogP contribution in [0.5, 0.6) is 0 Å². The monoisotopic (exact) mass is 422 g/mol. The zero-order chi connectivity index (χ0) is 10.3. The van der Waals surface area contributed by atoms with E-state index in [4.69, 9.17) is 0 Å². The Morgan fingerprint density at radius 2 is 1.79 bits per heavy atom. The molecule has 0 bridgehead atoms. The van der Waals surface area contributed by atoms with E-state index >= 15 is 0 Å². The fraction of sp³-hybridized carbons (Fsp3) is 0.917. The molecule has 14 heavy (non-hydrogen) atoms. The van der Waals surface area contributed by atoms with Gasteiger partial charge < -0.3 is 11.8 Å². The van der Waals surface area contributed by atoms with Crippen LogP contribution in [0.3, 0.4) is 0 Å². The van der Waals surface area contributed by atoms with Crippen LogP contribution in [0, 0.1) is 44.0 Å². The summed E-state index contributed by atoms with van der Waals surface area (Å²) in [5, 5.41) is 0. The van der Waals surface area contributed by atoms with Crippen LogP contribution in [0.1, 0.15) is 46.5 Å². The van der Waals surface area contributed by atoms with E-state index < -0.39 is 0 Å². The van der Waals surface area contributed by atoms with Gasteiger partial charge in [0.25, 0.3) is 0 Å². The number of unbranched alkanes of at least 4 members (excludes halogenated alkanes) is 2. The maximum atomic E-state index is 3.87. The van der Waals surface area contributed by atoms with Gasteiger partial charge in [0.05, 0.1) is 0 Å². The van der Waals surface area contributed by atoms with Crippen molar-refractivity contribution in [3.05, 3.63) is 6.92 Å². The predicted molar refractivity (Wildman–Crippen MR) is 60.8 cm³/mol. The third-order valence-corrected chi connectivity index (χ3v) is 3.18. The summed E-state index contributed by atoms with van der Waals surface area (Å²) in [5.41, 5.74) is 0. The first-order valence-corrected chi connectivity index (χ1v) is 5.63. The first-order valence-electron chi connectivity index (χ1n) is 5.63. The molecule has 0 heterocycles. The van der Waals surface area contributed by atoms with Crippen molar-refractivity contribution in [1.82, 2.24) is 4.90 Å². The molecule has 0 rings (SSSR count). The van der Waals surface area contributed by atoms with Crippen LogP contribution >= 0.6 is 0 Å². The van der Waals surface area contributed by atoms with Gasteiger partial charge >= 0.3 is 31.1 Å². The van der Waals surface area contributed by atoms with Gasteiger partial charge in [-0.3, -0.25) is 0 Å². The van der Waals surface area contributed by atoms with Crippen LogP contribution < -0.4 is 0 Å². The van der Waals surface area contributed by atoms with E-state index in [-0.39, 0.29) is 31.1 Å². The Hall–Kier alpha value is 1.01. The molecule has 0 saturated carbocycles. The Bertz CT molecular complexity index is 117. The van der Waals surface area contributed by atoms with Crippen molar-refractivity contribution in [1.29, 1.82) is 0 Å². The normalized spacial score (nSPS) is 15.0. The zero-order valence-electron chi connectivity index (χ0n) is 10.3. The van der Waals surface area contributed by atoms with Crippen molar-refractivity contribution in [3.8, 4) is 0 Å². The molecule has 2 heteroatoms. The predicted octanol–water partition coefficient (Wildman–Crippen LogP) is 3.36. The Labute approximate surface area is 114 Å². The first kappa shape index (κ1) is 17.4. The second-order valence-electron chi connectivity index (χ2n) is 4.14. The molecule has 0 amide bonds. The van der Waals surface area contributed by atoms with E-state index in [0.717, 1.165) is 24.9 Å². The fourth-order valence-corrected chi connectivity index (χ4v) is 1.61. The molecule has 82 valence electrons. The number of nitrogens with zero attached hydrogens (tertiary/aromatic N) is 1. The van der Waals surface area contributed by atoms with Gasteiger partial charge in [-0.15, -0.1) is 0 Å². The molecule has 2 unspecified atom stereocenters. The van der Waals surface area contributed by atoms with Gasteiger partial charge in [0, 0.05) is 6.04 Å². The standard InChI is InChI=1S/C12H26N.U/c1-6-8-9-10-11(3)12(4)13(5)7-2;/h11-12H,1,6-10H2,2-5H3;/q-1;+2. The summed E-state index contributed by atoms with van der Waals surface area (Å²) in [4.78, 5) is 2.43. The Balaban J connectivity index is 0. The average Bonchev–Trinajstić information content (AvgIpc) is 2.15. The number of rotatable bonds is 7. The van der Waals surface area contributed by atoms with Crippen molar-refractivity contribution in [2.75, 3.05) is 13.6 Å². The molecule has 0 aromatic rings. The van der Waals surface area contributed by atoms with Crippen molar-refractivity contribution < 1.29 is 31.1 Å². The molecule has 0 aliphatic carbocycles. The van der Waals surface area contributed by atoms with Crippen LogP contribution in [0.15, 0.2) is 0 Å².